The number of hydrogen-bond donors (Lipinski definition) is 1. The van der Waals surface area contributed by atoms with E-state index in [0.29, 0.717) is 12.1 Å². The summed E-state index contributed by atoms with van der Waals surface area (Å²) in [5, 5.41) is -0.133. The van der Waals surface area contributed by atoms with Gasteiger partial charge in [-0.3, -0.25) is 4.79 Å². The molecular weight excluding hydrogens is 194 g/mol. The molecule has 0 aliphatic carbocycles. The van der Waals surface area contributed by atoms with E-state index in [-0.39, 0.29) is 11.2 Å². The van der Waals surface area contributed by atoms with Crippen LogP contribution in [0.2, 0.25) is 0 Å². The Labute approximate surface area is 91.5 Å². The summed E-state index contributed by atoms with van der Waals surface area (Å²) in [6.45, 7) is 4.18. The van der Waals surface area contributed by atoms with Crippen molar-refractivity contribution in [2.24, 2.45) is 5.92 Å². The molecule has 0 N–H and O–H groups in total. The van der Waals surface area contributed by atoms with Crippen LogP contribution in [0.3, 0.4) is 0 Å². The van der Waals surface area contributed by atoms with Gasteiger partial charge in [-0.15, -0.1) is 0 Å². The molecule has 3 heteroatoms. The maximum atomic E-state index is 11.9. The van der Waals surface area contributed by atoms with Gasteiger partial charge in [0.2, 0.25) is 5.91 Å². The summed E-state index contributed by atoms with van der Waals surface area (Å²) in [5.41, 5.74) is 0. The minimum absolute atomic E-state index is 0.133. The van der Waals surface area contributed by atoms with Crippen molar-refractivity contribution in [3.8, 4) is 0 Å². The van der Waals surface area contributed by atoms with Crippen molar-refractivity contribution < 1.29 is 4.79 Å². The predicted octanol–water partition coefficient (Wildman–Crippen LogP) is 2.09. The van der Waals surface area contributed by atoms with E-state index in [1.165, 1.54) is 25.7 Å². The topological polar surface area (TPSA) is 20.3 Å². The summed E-state index contributed by atoms with van der Waals surface area (Å²) in [6.07, 6.45) is 4.81. The molecule has 0 aromatic heterocycles. The van der Waals surface area contributed by atoms with E-state index in [4.69, 9.17) is 0 Å². The van der Waals surface area contributed by atoms with Crippen molar-refractivity contribution in [2.45, 2.75) is 56.9 Å². The normalized spacial score (nSPS) is 38.5. The first kappa shape index (κ1) is 10.3. The Hall–Kier alpha value is -0.180. The molecule has 2 bridgehead atoms. The van der Waals surface area contributed by atoms with Crippen LogP contribution in [-0.2, 0) is 4.79 Å². The Morgan fingerprint density at radius 1 is 1.36 bits per heavy atom. The van der Waals surface area contributed by atoms with E-state index in [1.807, 2.05) is 6.92 Å². The fourth-order valence-corrected chi connectivity index (χ4v) is 3.16. The molecule has 3 unspecified atom stereocenters. The lowest BCUT2D eigenvalue weighted by atomic mass is 9.92. The Kier molecular flexibility index (Phi) is 2.78. The Morgan fingerprint density at radius 3 is 2.29 bits per heavy atom. The van der Waals surface area contributed by atoms with Gasteiger partial charge in [0.05, 0.1) is 5.25 Å². The molecule has 0 spiro atoms. The third-order valence-electron chi connectivity index (χ3n) is 3.58. The zero-order valence-corrected chi connectivity index (χ0v) is 9.83. The first-order chi connectivity index (χ1) is 6.59. The summed E-state index contributed by atoms with van der Waals surface area (Å²) in [4.78, 5) is 14.0. The molecule has 2 aliphatic heterocycles. The van der Waals surface area contributed by atoms with Crippen molar-refractivity contribution in [1.82, 2.24) is 4.90 Å². The van der Waals surface area contributed by atoms with Gasteiger partial charge in [-0.2, -0.15) is 12.6 Å². The second-order valence-electron chi connectivity index (χ2n) is 4.88. The zero-order chi connectivity index (χ0) is 10.3. The van der Waals surface area contributed by atoms with Crippen molar-refractivity contribution >= 4 is 18.5 Å². The highest BCUT2D eigenvalue weighted by Crippen LogP contribution is 2.38. The minimum Gasteiger partial charge on any atom is -0.336 e. The van der Waals surface area contributed by atoms with Gasteiger partial charge < -0.3 is 4.90 Å². The van der Waals surface area contributed by atoms with E-state index in [9.17, 15) is 4.79 Å². The monoisotopic (exact) mass is 213 g/mol. The number of nitrogens with zero attached hydrogens (tertiary/aromatic N) is 1. The largest absolute Gasteiger partial charge is 0.336 e. The number of carbonyl (C=O) groups is 1. The molecule has 0 aromatic carbocycles. The van der Waals surface area contributed by atoms with Crippen LogP contribution in [0, 0.1) is 5.92 Å². The van der Waals surface area contributed by atoms with Crippen LogP contribution in [-0.4, -0.2) is 28.1 Å². The first-order valence-electron chi connectivity index (χ1n) is 5.60. The molecule has 0 aromatic rings. The molecule has 0 radical (unpaired) electrons. The van der Waals surface area contributed by atoms with Crippen LogP contribution in [0.5, 0.6) is 0 Å². The number of carbonyl (C=O) groups excluding carboxylic acids is 1. The van der Waals surface area contributed by atoms with E-state index in [0.717, 1.165) is 5.92 Å². The minimum atomic E-state index is -0.133. The number of fused-ring (bicyclic) bond motifs is 2. The third-order valence-corrected chi connectivity index (χ3v) is 3.80. The van der Waals surface area contributed by atoms with Gasteiger partial charge in [0.15, 0.2) is 0 Å². The molecule has 2 heterocycles. The number of rotatable bonds is 1. The summed E-state index contributed by atoms with van der Waals surface area (Å²) >= 11 is 4.24. The molecular formula is C11H19NOS. The standard InChI is InChI=1S/C11H19NOS/c1-7-5-9-3-4-10(6-7)12(9)11(13)8(2)14/h7-10,14H,3-6H2,1-2H3. The molecule has 3 atom stereocenters. The number of piperidine rings is 1. The van der Waals surface area contributed by atoms with Crippen LogP contribution < -0.4 is 0 Å². The molecule has 2 aliphatic rings. The van der Waals surface area contributed by atoms with Crippen LogP contribution in [0.25, 0.3) is 0 Å². The fourth-order valence-electron chi connectivity index (χ4n) is 3.02. The van der Waals surface area contributed by atoms with E-state index in [2.05, 4.69) is 24.5 Å². The fraction of sp³-hybridized carbons (Fsp3) is 0.909. The molecule has 0 saturated carbocycles. The van der Waals surface area contributed by atoms with E-state index in [1.54, 1.807) is 0 Å². The summed E-state index contributed by atoms with van der Waals surface area (Å²) in [5.74, 6) is 1.04. The van der Waals surface area contributed by atoms with Gasteiger partial charge in [-0.25, -0.2) is 0 Å². The highest BCUT2D eigenvalue weighted by Gasteiger charge is 2.42. The van der Waals surface area contributed by atoms with Crippen LogP contribution in [0.4, 0.5) is 0 Å². The van der Waals surface area contributed by atoms with Gasteiger partial charge in [0.25, 0.3) is 0 Å². The second kappa shape index (κ2) is 3.76. The zero-order valence-electron chi connectivity index (χ0n) is 8.94. The molecule has 2 nitrogen and oxygen atoms in total. The lowest BCUT2D eigenvalue weighted by Gasteiger charge is -2.38. The number of hydrogen-bond acceptors (Lipinski definition) is 2. The smallest absolute Gasteiger partial charge is 0.235 e. The van der Waals surface area contributed by atoms with Crippen molar-refractivity contribution in [1.29, 1.82) is 0 Å². The average molecular weight is 213 g/mol. The first-order valence-corrected chi connectivity index (χ1v) is 6.11. The highest BCUT2D eigenvalue weighted by molar-refractivity contribution is 7.81. The van der Waals surface area contributed by atoms with Gasteiger partial charge >= 0.3 is 0 Å². The van der Waals surface area contributed by atoms with Gasteiger partial charge in [-0.1, -0.05) is 6.92 Å². The lowest BCUT2D eigenvalue weighted by Crippen LogP contribution is -2.48. The maximum Gasteiger partial charge on any atom is 0.235 e. The number of thiol groups is 1. The Balaban J connectivity index is 2.11. The van der Waals surface area contributed by atoms with Gasteiger partial charge in [0, 0.05) is 12.1 Å². The predicted molar refractivity (Wildman–Crippen MR) is 60.5 cm³/mol. The highest BCUT2D eigenvalue weighted by atomic mass is 32.1. The third kappa shape index (κ3) is 1.67. The van der Waals surface area contributed by atoms with E-state index < -0.39 is 0 Å². The Bertz CT molecular complexity index is 227. The van der Waals surface area contributed by atoms with Crippen LogP contribution in [0.1, 0.15) is 39.5 Å². The van der Waals surface area contributed by atoms with Crippen molar-refractivity contribution in [3.63, 3.8) is 0 Å². The molecule has 2 rings (SSSR count). The van der Waals surface area contributed by atoms with Crippen LogP contribution in [0.15, 0.2) is 0 Å². The summed E-state index contributed by atoms with van der Waals surface area (Å²) in [7, 11) is 0. The van der Waals surface area contributed by atoms with E-state index >= 15 is 0 Å². The van der Waals surface area contributed by atoms with Gasteiger partial charge in [0.1, 0.15) is 0 Å². The molecule has 1 amide bonds. The van der Waals surface area contributed by atoms with Crippen molar-refractivity contribution in [2.75, 3.05) is 0 Å². The lowest BCUT2D eigenvalue weighted by molar-refractivity contribution is -0.135. The maximum absolute atomic E-state index is 11.9. The van der Waals surface area contributed by atoms with Crippen molar-refractivity contribution in [3.05, 3.63) is 0 Å². The average Bonchev–Trinajstić information content (AvgIpc) is 2.37. The molecule has 2 fully saturated rings. The number of amides is 1. The van der Waals surface area contributed by atoms with Crippen LogP contribution >= 0.6 is 12.6 Å². The molecule has 80 valence electrons. The Morgan fingerprint density at radius 2 is 1.86 bits per heavy atom. The quantitative estimate of drug-likeness (QED) is 0.661. The summed E-state index contributed by atoms with van der Waals surface area (Å²) in [6, 6.07) is 1.04. The summed E-state index contributed by atoms with van der Waals surface area (Å²) < 4.78 is 0. The van der Waals surface area contributed by atoms with Gasteiger partial charge in [-0.05, 0) is 38.5 Å². The molecule has 14 heavy (non-hydrogen) atoms. The molecule has 2 saturated heterocycles. The SMILES string of the molecule is CC1CC2CCC(C1)N2C(=O)C(C)S. The second-order valence-corrected chi connectivity index (χ2v) is 5.66.